The second-order valence-corrected chi connectivity index (χ2v) is 5.84. The van der Waals surface area contributed by atoms with Crippen LogP contribution in [0.2, 0.25) is 5.02 Å². The molecule has 5 nitrogen and oxygen atoms in total. The summed E-state index contributed by atoms with van der Waals surface area (Å²) >= 11 is 6.09. The predicted molar refractivity (Wildman–Crippen MR) is 97.3 cm³/mol. The summed E-state index contributed by atoms with van der Waals surface area (Å²) in [6, 6.07) is 12.1. The number of rotatable bonds is 6. The topological polar surface area (TPSA) is 64.6 Å². The average molecular weight is 362 g/mol. The Bertz CT molecular complexity index is 776. The Morgan fingerprint density at radius 3 is 2.56 bits per heavy atom. The highest BCUT2D eigenvalue weighted by Gasteiger charge is 2.17. The summed E-state index contributed by atoms with van der Waals surface area (Å²) in [7, 11) is 0. The molecule has 0 saturated carbocycles. The molecule has 0 unspecified atom stereocenters. The van der Waals surface area contributed by atoms with Crippen molar-refractivity contribution in [1.29, 1.82) is 0 Å². The number of halogens is 1. The number of carbonyl (C=O) groups excluding carboxylic acids is 2. The van der Waals surface area contributed by atoms with Crippen molar-refractivity contribution in [3.63, 3.8) is 0 Å². The van der Waals surface area contributed by atoms with Crippen LogP contribution in [0.1, 0.15) is 29.8 Å². The molecule has 132 valence electrons. The van der Waals surface area contributed by atoms with Crippen molar-refractivity contribution in [3.05, 3.63) is 58.6 Å². The fraction of sp³-hybridized carbons (Fsp3) is 0.263. The molecule has 0 spiro atoms. The molecule has 25 heavy (non-hydrogen) atoms. The number of aryl methyl sites for hydroxylation is 1. The van der Waals surface area contributed by atoms with Crippen molar-refractivity contribution >= 4 is 29.2 Å². The molecular formula is C19H20ClNO4. The van der Waals surface area contributed by atoms with Crippen molar-refractivity contribution < 1.29 is 19.1 Å². The van der Waals surface area contributed by atoms with Crippen LogP contribution in [0.25, 0.3) is 0 Å². The van der Waals surface area contributed by atoms with E-state index < -0.39 is 12.1 Å². The van der Waals surface area contributed by atoms with E-state index in [1.807, 2.05) is 31.2 Å². The molecule has 1 N–H and O–H groups in total. The van der Waals surface area contributed by atoms with Crippen molar-refractivity contribution in [2.75, 3.05) is 11.9 Å². The minimum Gasteiger partial charge on any atom is -0.481 e. The van der Waals surface area contributed by atoms with Crippen LogP contribution in [0.5, 0.6) is 5.75 Å². The van der Waals surface area contributed by atoms with Gasteiger partial charge in [-0.25, -0.2) is 4.79 Å². The van der Waals surface area contributed by atoms with Gasteiger partial charge in [-0.1, -0.05) is 29.8 Å². The molecule has 0 aromatic heterocycles. The zero-order valence-corrected chi connectivity index (χ0v) is 15.1. The zero-order valence-electron chi connectivity index (χ0n) is 14.3. The molecule has 0 aliphatic rings. The van der Waals surface area contributed by atoms with Crippen LogP contribution in [-0.2, 0) is 9.53 Å². The summed E-state index contributed by atoms with van der Waals surface area (Å²) in [4.78, 5) is 24.0. The molecule has 2 aromatic rings. The Kier molecular flexibility index (Phi) is 6.42. The molecule has 0 heterocycles. The van der Waals surface area contributed by atoms with E-state index in [-0.39, 0.29) is 23.1 Å². The van der Waals surface area contributed by atoms with Gasteiger partial charge in [-0.15, -0.1) is 0 Å². The number of hydrogen-bond donors (Lipinski definition) is 1. The van der Waals surface area contributed by atoms with Crippen molar-refractivity contribution in [1.82, 2.24) is 0 Å². The largest absolute Gasteiger partial charge is 0.481 e. The minimum absolute atomic E-state index is 0.212. The zero-order chi connectivity index (χ0) is 18.4. The van der Waals surface area contributed by atoms with Crippen molar-refractivity contribution in [2.45, 2.75) is 26.9 Å². The first-order valence-corrected chi connectivity index (χ1v) is 8.30. The lowest BCUT2D eigenvalue weighted by molar-refractivity contribution is -0.122. The van der Waals surface area contributed by atoms with Gasteiger partial charge in [-0.05, 0) is 50.6 Å². The van der Waals surface area contributed by atoms with Crippen molar-refractivity contribution in [2.24, 2.45) is 0 Å². The maximum absolute atomic E-state index is 12.3. The van der Waals surface area contributed by atoms with Crippen LogP contribution in [-0.4, -0.2) is 24.6 Å². The second-order valence-electron chi connectivity index (χ2n) is 5.43. The molecule has 0 aliphatic heterocycles. The molecular weight excluding hydrogens is 342 g/mol. The fourth-order valence-corrected chi connectivity index (χ4v) is 2.40. The van der Waals surface area contributed by atoms with Gasteiger partial charge in [0.15, 0.2) is 6.10 Å². The molecule has 2 aromatic carbocycles. The van der Waals surface area contributed by atoms with Gasteiger partial charge < -0.3 is 14.8 Å². The Labute approximate surface area is 151 Å². The minimum atomic E-state index is -0.690. The average Bonchev–Trinajstić information content (AvgIpc) is 2.57. The fourth-order valence-electron chi connectivity index (χ4n) is 2.14. The number of hydrogen-bond acceptors (Lipinski definition) is 4. The summed E-state index contributed by atoms with van der Waals surface area (Å²) in [6.45, 7) is 5.56. The van der Waals surface area contributed by atoms with E-state index in [1.54, 1.807) is 19.9 Å². The van der Waals surface area contributed by atoms with E-state index in [4.69, 9.17) is 21.1 Å². The summed E-state index contributed by atoms with van der Waals surface area (Å²) in [5.74, 6) is -0.161. The highest BCUT2D eigenvalue weighted by molar-refractivity contribution is 6.34. The smallest absolute Gasteiger partial charge is 0.339 e. The molecule has 0 saturated heterocycles. The number of esters is 1. The summed E-state index contributed by atoms with van der Waals surface area (Å²) in [5, 5.41) is 2.93. The van der Waals surface area contributed by atoms with E-state index in [0.717, 1.165) is 5.56 Å². The van der Waals surface area contributed by atoms with Crippen LogP contribution in [0.3, 0.4) is 0 Å². The number of nitrogens with one attached hydrogen (secondary N) is 1. The van der Waals surface area contributed by atoms with Gasteiger partial charge in [0.1, 0.15) is 5.75 Å². The quantitative estimate of drug-likeness (QED) is 0.782. The summed E-state index contributed by atoms with van der Waals surface area (Å²) in [5.41, 5.74) is 1.68. The van der Waals surface area contributed by atoms with Crippen LogP contribution in [0.15, 0.2) is 42.5 Å². The van der Waals surface area contributed by atoms with Gasteiger partial charge >= 0.3 is 5.97 Å². The van der Waals surface area contributed by atoms with Crippen LogP contribution < -0.4 is 10.1 Å². The third kappa shape index (κ3) is 4.97. The lowest BCUT2D eigenvalue weighted by Crippen LogP contribution is -2.30. The molecule has 0 radical (unpaired) electrons. The Balaban J connectivity index is 2.03. The van der Waals surface area contributed by atoms with Gasteiger partial charge in [0, 0.05) is 5.69 Å². The lowest BCUT2D eigenvalue weighted by Gasteiger charge is -2.16. The van der Waals surface area contributed by atoms with Gasteiger partial charge in [0.2, 0.25) is 0 Å². The highest BCUT2D eigenvalue weighted by atomic mass is 35.5. The lowest BCUT2D eigenvalue weighted by atomic mass is 10.2. The molecule has 2 rings (SSSR count). The number of amides is 1. The number of benzene rings is 2. The normalized spacial score (nSPS) is 11.5. The Hall–Kier alpha value is -2.53. The SMILES string of the molecule is CCOC(=O)c1ccc(NC(=O)[C@@H](C)Oc2ccccc2C)cc1Cl. The monoisotopic (exact) mass is 361 g/mol. The number of ether oxygens (including phenoxy) is 2. The third-order valence-electron chi connectivity index (χ3n) is 3.50. The van der Waals surface area contributed by atoms with E-state index in [1.165, 1.54) is 12.1 Å². The Morgan fingerprint density at radius 2 is 1.92 bits per heavy atom. The first-order valence-electron chi connectivity index (χ1n) is 7.92. The molecule has 0 fully saturated rings. The van der Waals surface area contributed by atoms with E-state index >= 15 is 0 Å². The standard InChI is InChI=1S/C19H20ClNO4/c1-4-24-19(23)15-10-9-14(11-16(15)20)21-18(22)13(3)25-17-8-6-5-7-12(17)2/h5-11,13H,4H2,1-3H3,(H,21,22)/t13-/m1/s1. The van der Waals surface area contributed by atoms with Crippen LogP contribution in [0.4, 0.5) is 5.69 Å². The van der Waals surface area contributed by atoms with Crippen molar-refractivity contribution in [3.8, 4) is 5.75 Å². The highest BCUT2D eigenvalue weighted by Crippen LogP contribution is 2.23. The van der Waals surface area contributed by atoms with Crippen LogP contribution in [0, 0.1) is 6.92 Å². The molecule has 1 amide bonds. The van der Waals surface area contributed by atoms with E-state index in [2.05, 4.69) is 5.32 Å². The first kappa shape index (κ1) is 18.8. The van der Waals surface area contributed by atoms with Gasteiger partial charge in [0.05, 0.1) is 17.2 Å². The maximum Gasteiger partial charge on any atom is 0.339 e. The van der Waals surface area contributed by atoms with Gasteiger partial charge in [-0.2, -0.15) is 0 Å². The summed E-state index contributed by atoms with van der Waals surface area (Å²) in [6.07, 6.45) is -0.690. The molecule has 0 aliphatic carbocycles. The Morgan fingerprint density at radius 1 is 1.20 bits per heavy atom. The third-order valence-corrected chi connectivity index (χ3v) is 3.81. The predicted octanol–water partition coefficient (Wildman–Crippen LogP) is 4.23. The van der Waals surface area contributed by atoms with E-state index in [9.17, 15) is 9.59 Å². The number of para-hydroxylation sites is 1. The molecule has 6 heteroatoms. The first-order chi connectivity index (χ1) is 11.9. The maximum atomic E-state index is 12.3. The molecule has 0 bridgehead atoms. The number of anilines is 1. The second kappa shape index (κ2) is 8.53. The van der Waals surface area contributed by atoms with Gasteiger partial charge in [0.25, 0.3) is 5.91 Å². The van der Waals surface area contributed by atoms with E-state index in [0.29, 0.717) is 11.4 Å². The van der Waals surface area contributed by atoms with Crippen LogP contribution >= 0.6 is 11.6 Å². The summed E-state index contributed by atoms with van der Waals surface area (Å²) < 4.78 is 10.6. The number of carbonyl (C=O) groups is 2. The molecule has 1 atom stereocenters. The van der Waals surface area contributed by atoms with Gasteiger partial charge in [-0.3, -0.25) is 4.79 Å².